The molecule has 0 saturated carbocycles. The van der Waals surface area contributed by atoms with Crippen LogP contribution in [0.2, 0.25) is 0 Å². The maximum absolute atomic E-state index is 3.82. The molecule has 1 heterocycles. The summed E-state index contributed by atoms with van der Waals surface area (Å²) in [5.41, 5.74) is 0.457. The number of hydrogen-bond acceptors (Lipinski definition) is 1. The van der Waals surface area contributed by atoms with E-state index in [1.165, 1.54) is 19.5 Å². The molecule has 1 aliphatic rings. The number of hydrogen-bond donors (Lipinski definition) is 0. The Balaban J connectivity index is 2.59. The van der Waals surface area contributed by atoms with E-state index in [0.29, 0.717) is 5.41 Å². The van der Waals surface area contributed by atoms with Crippen LogP contribution in [-0.2, 0) is 0 Å². The molecule has 1 fully saturated rings. The van der Waals surface area contributed by atoms with Crippen molar-refractivity contribution in [3.63, 3.8) is 0 Å². The highest BCUT2D eigenvalue weighted by atomic mass is 15.1. The Kier molecular flexibility index (Phi) is 3.10. The van der Waals surface area contributed by atoms with Gasteiger partial charge in [0, 0.05) is 6.54 Å². The summed E-state index contributed by atoms with van der Waals surface area (Å²) in [6, 6.07) is 0. The molecule has 0 radical (unpaired) electrons. The van der Waals surface area contributed by atoms with E-state index >= 15 is 0 Å². The van der Waals surface area contributed by atoms with E-state index in [1.54, 1.807) is 0 Å². The van der Waals surface area contributed by atoms with E-state index in [9.17, 15) is 0 Å². The topological polar surface area (TPSA) is 3.24 Å². The smallest absolute Gasteiger partial charge is 0.00413 e. The van der Waals surface area contributed by atoms with Crippen molar-refractivity contribution in [2.24, 2.45) is 5.41 Å². The SMILES string of the molecule is C=CCC1(CC=C)CCN(C)C1. The third-order valence-electron chi connectivity index (χ3n) is 2.78. The van der Waals surface area contributed by atoms with Crippen LogP contribution in [0.15, 0.2) is 25.3 Å². The van der Waals surface area contributed by atoms with Crippen LogP contribution in [0.25, 0.3) is 0 Å². The maximum atomic E-state index is 3.82. The fourth-order valence-electron chi connectivity index (χ4n) is 2.19. The van der Waals surface area contributed by atoms with Crippen molar-refractivity contribution in [1.82, 2.24) is 4.90 Å². The van der Waals surface area contributed by atoms with Gasteiger partial charge in [0.05, 0.1) is 0 Å². The zero-order valence-electron chi connectivity index (χ0n) is 8.05. The second kappa shape index (κ2) is 3.90. The zero-order chi connectivity index (χ0) is 9.03. The van der Waals surface area contributed by atoms with E-state index < -0.39 is 0 Å². The normalized spacial score (nSPS) is 22.4. The Labute approximate surface area is 75.8 Å². The summed E-state index contributed by atoms with van der Waals surface area (Å²) in [4.78, 5) is 2.40. The molecular weight excluding hydrogens is 146 g/mol. The van der Waals surface area contributed by atoms with Gasteiger partial charge in [0.2, 0.25) is 0 Å². The molecule has 0 aromatic rings. The second-order valence-electron chi connectivity index (χ2n) is 3.97. The van der Waals surface area contributed by atoms with Gasteiger partial charge in [-0.05, 0) is 38.3 Å². The summed E-state index contributed by atoms with van der Waals surface area (Å²) in [7, 11) is 2.19. The first kappa shape index (κ1) is 9.53. The minimum atomic E-state index is 0.457. The molecule has 1 rings (SSSR count). The van der Waals surface area contributed by atoms with Crippen molar-refractivity contribution in [2.45, 2.75) is 19.3 Å². The van der Waals surface area contributed by atoms with Gasteiger partial charge < -0.3 is 4.90 Å². The number of likely N-dealkylation sites (tertiary alicyclic amines) is 1. The van der Waals surface area contributed by atoms with Crippen LogP contribution in [0.4, 0.5) is 0 Å². The number of nitrogens with zero attached hydrogens (tertiary/aromatic N) is 1. The summed E-state index contributed by atoms with van der Waals surface area (Å²) in [6.45, 7) is 10.1. The first-order chi connectivity index (χ1) is 5.72. The maximum Gasteiger partial charge on any atom is 0.00413 e. The van der Waals surface area contributed by atoms with Crippen LogP contribution >= 0.6 is 0 Å². The second-order valence-corrected chi connectivity index (χ2v) is 3.97. The Bertz CT molecular complexity index is 162. The van der Waals surface area contributed by atoms with Gasteiger partial charge in [-0.2, -0.15) is 0 Å². The van der Waals surface area contributed by atoms with Crippen molar-refractivity contribution >= 4 is 0 Å². The lowest BCUT2D eigenvalue weighted by atomic mass is 9.80. The first-order valence-corrected chi connectivity index (χ1v) is 4.63. The molecule has 1 nitrogen and oxygen atoms in total. The van der Waals surface area contributed by atoms with Crippen LogP contribution in [0, 0.1) is 5.41 Å². The van der Waals surface area contributed by atoms with E-state index in [0.717, 1.165) is 12.8 Å². The van der Waals surface area contributed by atoms with Crippen molar-refractivity contribution in [2.75, 3.05) is 20.1 Å². The molecule has 1 saturated heterocycles. The van der Waals surface area contributed by atoms with E-state index in [4.69, 9.17) is 0 Å². The molecule has 1 heteroatoms. The monoisotopic (exact) mass is 165 g/mol. The molecule has 0 aromatic carbocycles. The fourth-order valence-corrected chi connectivity index (χ4v) is 2.19. The minimum absolute atomic E-state index is 0.457. The lowest BCUT2D eigenvalue weighted by molar-refractivity contribution is 0.287. The van der Waals surface area contributed by atoms with Crippen LogP contribution in [0.5, 0.6) is 0 Å². The molecule has 0 N–H and O–H groups in total. The van der Waals surface area contributed by atoms with Gasteiger partial charge in [0.25, 0.3) is 0 Å². The van der Waals surface area contributed by atoms with Crippen LogP contribution < -0.4 is 0 Å². The standard InChI is InChI=1S/C11H19N/c1-4-6-11(7-5-2)8-9-12(3)10-11/h4-5H,1-2,6-10H2,3H3. The van der Waals surface area contributed by atoms with E-state index in [1.807, 2.05) is 12.2 Å². The molecule has 0 atom stereocenters. The summed E-state index contributed by atoms with van der Waals surface area (Å²) in [5, 5.41) is 0. The molecular formula is C11H19N. The summed E-state index contributed by atoms with van der Waals surface area (Å²) in [6.07, 6.45) is 7.64. The Morgan fingerprint density at radius 1 is 1.33 bits per heavy atom. The first-order valence-electron chi connectivity index (χ1n) is 4.63. The van der Waals surface area contributed by atoms with Gasteiger partial charge in [-0.25, -0.2) is 0 Å². The van der Waals surface area contributed by atoms with Gasteiger partial charge in [0.1, 0.15) is 0 Å². The molecule has 68 valence electrons. The van der Waals surface area contributed by atoms with Crippen LogP contribution in [-0.4, -0.2) is 25.0 Å². The van der Waals surface area contributed by atoms with E-state index in [-0.39, 0.29) is 0 Å². The molecule has 0 spiro atoms. The summed E-state index contributed by atoms with van der Waals surface area (Å²) in [5.74, 6) is 0. The van der Waals surface area contributed by atoms with Crippen molar-refractivity contribution in [3.05, 3.63) is 25.3 Å². The highest BCUT2D eigenvalue weighted by Crippen LogP contribution is 2.37. The van der Waals surface area contributed by atoms with Gasteiger partial charge in [-0.1, -0.05) is 12.2 Å². The van der Waals surface area contributed by atoms with Crippen molar-refractivity contribution < 1.29 is 0 Å². The Hall–Kier alpha value is -0.560. The lowest BCUT2D eigenvalue weighted by Gasteiger charge is -2.25. The minimum Gasteiger partial charge on any atom is -0.306 e. The van der Waals surface area contributed by atoms with Gasteiger partial charge in [-0.3, -0.25) is 0 Å². The Morgan fingerprint density at radius 3 is 2.25 bits per heavy atom. The highest BCUT2D eigenvalue weighted by molar-refractivity contribution is 4.97. The summed E-state index contributed by atoms with van der Waals surface area (Å²) < 4.78 is 0. The molecule has 0 bridgehead atoms. The van der Waals surface area contributed by atoms with Gasteiger partial charge in [-0.15, -0.1) is 13.2 Å². The van der Waals surface area contributed by atoms with Gasteiger partial charge >= 0.3 is 0 Å². The predicted molar refractivity (Wildman–Crippen MR) is 54.2 cm³/mol. The molecule has 12 heavy (non-hydrogen) atoms. The van der Waals surface area contributed by atoms with Crippen LogP contribution in [0.1, 0.15) is 19.3 Å². The zero-order valence-corrected chi connectivity index (χ0v) is 8.05. The largest absolute Gasteiger partial charge is 0.306 e. The third-order valence-corrected chi connectivity index (χ3v) is 2.78. The Morgan fingerprint density at radius 2 is 1.92 bits per heavy atom. The molecule has 0 aromatic heterocycles. The molecule has 0 amide bonds. The quantitative estimate of drug-likeness (QED) is 0.578. The number of rotatable bonds is 4. The lowest BCUT2D eigenvalue weighted by Crippen LogP contribution is -2.23. The molecule has 1 aliphatic heterocycles. The molecule has 0 aliphatic carbocycles. The predicted octanol–water partition coefficient (Wildman–Crippen LogP) is 2.46. The van der Waals surface area contributed by atoms with Crippen molar-refractivity contribution in [1.29, 1.82) is 0 Å². The van der Waals surface area contributed by atoms with Crippen molar-refractivity contribution in [3.8, 4) is 0 Å². The average molecular weight is 165 g/mol. The highest BCUT2D eigenvalue weighted by Gasteiger charge is 2.33. The molecule has 0 unspecified atom stereocenters. The van der Waals surface area contributed by atoms with Gasteiger partial charge in [0.15, 0.2) is 0 Å². The number of allylic oxidation sites excluding steroid dienone is 2. The van der Waals surface area contributed by atoms with E-state index in [2.05, 4.69) is 25.1 Å². The average Bonchev–Trinajstić information content (AvgIpc) is 2.34. The van der Waals surface area contributed by atoms with Crippen LogP contribution in [0.3, 0.4) is 0 Å². The summed E-state index contributed by atoms with van der Waals surface area (Å²) >= 11 is 0. The fraction of sp³-hybridized carbons (Fsp3) is 0.636. The third kappa shape index (κ3) is 1.98.